The quantitative estimate of drug-likeness (QED) is 0.568. The molecule has 1 N–H and O–H groups in total. The summed E-state index contributed by atoms with van der Waals surface area (Å²) < 4.78 is 0. The number of rotatable bonds is 9. The molecule has 0 amide bonds. The second-order valence-electron chi connectivity index (χ2n) is 6.58. The molecule has 0 fully saturated rings. The fraction of sp³-hybridized carbons (Fsp3) is 0.684. The highest BCUT2D eigenvalue weighted by Crippen LogP contribution is 2.28. The number of hydrogen-bond acceptors (Lipinski definition) is 1. The molecule has 0 aliphatic carbocycles. The minimum Gasteiger partial charge on any atom is -0.388 e. The zero-order valence-corrected chi connectivity index (χ0v) is 13.8. The van der Waals surface area contributed by atoms with E-state index in [9.17, 15) is 5.11 Å². The van der Waals surface area contributed by atoms with E-state index >= 15 is 0 Å². The minimum absolute atomic E-state index is 0.226. The molecule has 20 heavy (non-hydrogen) atoms. The predicted molar refractivity (Wildman–Crippen MR) is 88.1 cm³/mol. The highest BCUT2D eigenvalue weighted by atomic mass is 16.3. The van der Waals surface area contributed by atoms with Crippen molar-refractivity contribution in [1.82, 2.24) is 0 Å². The third kappa shape index (κ3) is 5.28. The Morgan fingerprint density at radius 2 is 1.55 bits per heavy atom. The van der Waals surface area contributed by atoms with E-state index in [1.807, 2.05) is 0 Å². The van der Waals surface area contributed by atoms with Crippen LogP contribution in [0.1, 0.15) is 89.9 Å². The van der Waals surface area contributed by atoms with E-state index in [2.05, 4.69) is 52.0 Å². The summed E-state index contributed by atoms with van der Waals surface area (Å²) in [7, 11) is 0. The van der Waals surface area contributed by atoms with Crippen LogP contribution in [0.2, 0.25) is 0 Å². The maximum Gasteiger partial charge on any atom is 0.0790 e. The molecule has 1 aromatic carbocycles. The lowest BCUT2D eigenvalue weighted by Crippen LogP contribution is -2.15. The summed E-state index contributed by atoms with van der Waals surface area (Å²) in [5, 5.41) is 10.2. The van der Waals surface area contributed by atoms with Crippen molar-refractivity contribution in [3.05, 3.63) is 35.4 Å². The topological polar surface area (TPSA) is 20.2 Å². The first-order valence-electron chi connectivity index (χ1n) is 8.29. The van der Waals surface area contributed by atoms with Crippen molar-refractivity contribution in [3.8, 4) is 0 Å². The fourth-order valence-corrected chi connectivity index (χ4v) is 2.47. The summed E-state index contributed by atoms with van der Waals surface area (Å²) >= 11 is 0. The molecule has 0 spiro atoms. The van der Waals surface area contributed by atoms with Crippen LogP contribution in [0.3, 0.4) is 0 Å². The van der Waals surface area contributed by atoms with Gasteiger partial charge in [0.2, 0.25) is 0 Å². The molecule has 0 saturated heterocycles. The Morgan fingerprint density at radius 3 is 2.10 bits per heavy atom. The van der Waals surface area contributed by atoms with Gasteiger partial charge in [0.25, 0.3) is 0 Å². The zero-order chi connectivity index (χ0) is 15.0. The fourth-order valence-electron chi connectivity index (χ4n) is 2.47. The Labute approximate surface area is 125 Å². The Kier molecular flexibility index (Phi) is 7.29. The number of aliphatic hydroxyl groups is 1. The van der Waals surface area contributed by atoms with Crippen LogP contribution in [0.25, 0.3) is 0 Å². The van der Waals surface area contributed by atoms with Gasteiger partial charge in [0.15, 0.2) is 0 Å². The second-order valence-corrected chi connectivity index (χ2v) is 6.58. The van der Waals surface area contributed by atoms with Crippen molar-refractivity contribution < 1.29 is 5.11 Å². The molecule has 1 unspecified atom stereocenters. The molecule has 1 aromatic rings. The maximum absolute atomic E-state index is 10.2. The summed E-state index contributed by atoms with van der Waals surface area (Å²) in [4.78, 5) is 0. The van der Waals surface area contributed by atoms with Crippen LogP contribution >= 0.6 is 0 Å². The average Bonchev–Trinajstić information content (AvgIpc) is 2.47. The van der Waals surface area contributed by atoms with Crippen LogP contribution in [-0.2, 0) is 5.41 Å². The van der Waals surface area contributed by atoms with Crippen molar-refractivity contribution in [1.29, 1.82) is 0 Å². The van der Waals surface area contributed by atoms with E-state index in [1.54, 1.807) is 0 Å². The number of hydrogen-bond donors (Lipinski definition) is 1. The van der Waals surface area contributed by atoms with Crippen molar-refractivity contribution in [2.45, 2.75) is 84.2 Å². The number of benzene rings is 1. The van der Waals surface area contributed by atoms with Crippen LogP contribution in [-0.4, -0.2) is 5.11 Å². The first kappa shape index (κ1) is 17.2. The molecule has 1 heteroatoms. The van der Waals surface area contributed by atoms with Crippen molar-refractivity contribution in [2.24, 2.45) is 0 Å². The molecule has 1 rings (SSSR count). The largest absolute Gasteiger partial charge is 0.388 e. The standard InChI is InChI=1S/C19H32O/c1-5-7-8-9-10-11-18(20)16-12-14-17(15-13-16)19(3,4)6-2/h12-15,18,20H,5-11H2,1-4H3. The van der Waals surface area contributed by atoms with Gasteiger partial charge in [0.1, 0.15) is 0 Å². The molecule has 0 aliphatic heterocycles. The molecule has 0 aliphatic rings. The summed E-state index contributed by atoms with van der Waals surface area (Å²) in [5.74, 6) is 0. The lowest BCUT2D eigenvalue weighted by atomic mass is 9.82. The van der Waals surface area contributed by atoms with E-state index in [1.165, 1.54) is 31.2 Å². The summed E-state index contributed by atoms with van der Waals surface area (Å²) in [6.45, 7) is 8.99. The maximum atomic E-state index is 10.2. The van der Waals surface area contributed by atoms with Gasteiger partial charge in [-0.3, -0.25) is 0 Å². The smallest absolute Gasteiger partial charge is 0.0790 e. The Balaban J connectivity index is 2.47. The minimum atomic E-state index is -0.296. The number of aliphatic hydroxyl groups excluding tert-OH is 1. The molecule has 1 atom stereocenters. The molecule has 1 nitrogen and oxygen atoms in total. The van der Waals surface area contributed by atoms with Gasteiger partial charge >= 0.3 is 0 Å². The van der Waals surface area contributed by atoms with E-state index in [4.69, 9.17) is 0 Å². The molecule has 0 saturated carbocycles. The predicted octanol–water partition coefficient (Wildman–Crippen LogP) is 5.77. The van der Waals surface area contributed by atoms with Crippen molar-refractivity contribution in [2.75, 3.05) is 0 Å². The molecule has 0 heterocycles. The summed E-state index contributed by atoms with van der Waals surface area (Å²) in [6, 6.07) is 8.56. The van der Waals surface area contributed by atoms with Crippen molar-refractivity contribution >= 4 is 0 Å². The van der Waals surface area contributed by atoms with E-state index in [0.29, 0.717) is 0 Å². The highest BCUT2D eigenvalue weighted by molar-refractivity contribution is 5.29. The SMILES string of the molecule is CCCCCCCC(O)c1ccc(C(C)(C)CC)cc1. The van der Waals surface area contributed by atoms with Gasteiger partial charge in [-0.15, -0.1) is 0 Å². The van der Waals surface area contributed by atoms with Crippen LogP contribution in [0.5, 0.6) is 0 Å². The summed E-state index contributed by atoms with van der Waals surface area (Å²) in [5.41, 5.74) is 2.65. The van der Waals surface area contributed by atoms with Crippen LogP contribution in [0, 0.1) is 0 Å². The van der Waals surface area contributed by atoms with Crippen LogP contribution < -0.4 is 0 Å². The Bertz CT molecular complexity index is 364. The van der Waals surface area contributed by atoms with Gasteiger partial charge in [-0.2, -0.15) is 0 Å². The van der Waals surface area contributed by atoms with Gasteiger partial charge in [-0.25, -0.2) is 0 Å². The van der Waals surface area contributed by atoms with Gasteiger partial charge in [-0.05, 0) is 29.4 Å². The zero-order valence-electron chi connectivity index (χ0n) is 13.8. The lowest BCUT2D eigenvalue weighted by Gasteiger charge is -2.24. The monoisotopic (exact) mass is 276 g/mol. The highest BCUT2D eigenvalue weighted by Gasteiger charge is 2.18. The van der Waals surface area contributed by atoms with Gasteiger partial charge in [0.05, 0.1) is 6.10 Å². The first-order chi connectivity index (χ1) is 9.51. The third-order valence-corrected chi connectivity index (χ3v) is 4.54. The van der Waals surface area contributed by atoms with Gasteiger partial charge in [-0.1, -0.05) is 84.1 Å². The van der Waals surface area contributed by atoms with Gasteiger partial charge in [0, 0.05) is 0 Å². The molecular weight excluding hydrogens is 244 g/mol. The van der Waals surface area contributed by atoms with Gasteiger partial charge < -0.3 is 5.11 Å². The first-order valence-corrected chi connectivity index (χ1v) is 8.29. The Hall–Kier alpha value is -0.820. The molecule has 0 aromatic heterocycles. The van der Waals surface area contributed by atoms with Crippen LogP contribution in [0.4, 0.5) is 0 Å². The lowest BCUT2D eigenvalue weighted by molar-refractivity contribution is 0.163. The van der Waals surface area contributed by atoms with Crippen molar-refractivity contribution in [3.63, 3.8) is 0 Å². The normalized spacial score (nSPS) is 13.4. The van der Waals surface area contributed by atoms with E-state index < -0.39 is 0 Å². The number of unbranched alkanes of at least 4 members (excludes halogenated alkanes) is 4. The second kappa shape index (κ2) is 8.46. The summed E-state index contributed by atoms with van der Waals surface area (Å²) in [6.07, 6.45) is 7.98. The van der Waals surface area contributed by atoms with E-state index in [-0.39, 0.29) is 11.5 Å². The average molecular weight is 276 g/mol. The molecule has 114 valence electrons. The molecule has 0 bridgehead atoms. The van der Waals surface area contributed by atoms with E-state index in [0.717, 1.165) is 24.8 Å². The molecular formula is C19H32O. The molecule has 0 radical (unpaired) electrons. The Morgan fingerprint density at radius 1 is 0.950 bits per heavy atom. The third-order valence-electron chi connectivity index (χ3n) is 4.54. The van der Waals surface area contributed by atoms with Crippen LogP contribution in [0.15, 0.2) is 24.3 Å².